The Balaban J connectivity index is 2.03. The minimum Gasteiger partial charge on any atom is -0.467 e. The fraction of sp³-hybridized carbons (Fsp3) is 0.167. The molecule has 2 aromatic heterocycles. The van der Waals surface area contributed by atoms with Gasteiger partial charge in [-0.3, -0.25) is 9.78 Å². The second kappa shape index (κ2) is 4.61. The number of rotatable bonds is 3. The van der Waals surface area contributed by atoms with Crippen molar-refractivity contribution in [1.29, 1.82) is 0 Å². The summed E-state index contributed by atoms with van der Waals surface area (Å²) < 4.78 is 5.20. The van der Waals surface area contributed by atoms with Crippen molar-refractivity contribution in [2.75, 3.05) is 0 Å². The number of aromatic nitrogens is 1. The maximum atomic E-state index is 11.8. The van der Waals surface area contributed by atoms with Crippen LogP contribution in [0.4, 0.5) is 0 Å². The molecule has 0 aliphatic heterocycles. The number of hydrogen-bond acceptors (Lipinski definition) is 3. The highest BCUT2D eigenvalue weighted by Crippen LogP contribution is 2.12. The van der Waals surface area contributed by atoms with Gasteiger partial charge in [0.05, 0.1) is 17.9 Å². The molecule has 0 saturated heterocycles. The molecule has 0 aromatic carbocycles. The van der Waals surface area contributed by atoms with Crippen LogP contribution in [0.25, 0.3) is 0 Å². The molecule has 1 amide bonds. The lowest BCUT2D eigenvalue weighted by molar-refractivity contribution is 0.0935. The number of nitrogens with one attached hydrogen (secondary N) is 1. The topological polar surface area (TPSA) is 55.1 Å². The number of carbonyl (C=O) groups excluding carboxylic acids is 1. The summed E-state index contributed by atoms with van der Waals surface area (Å²) in [5, 5.41) is 2.83. The fourth-order valence-electron chi connectivity index (χ4n) is 1.39. The summed E-state index contributed by atoms with van der Waals surface area (Å²) in [4.78, 5) is 15.6. The Morgan fingerprint density at radius 2 is 2.31 bits per heavy atom. The molecular formula is C12H12N2O2. The van der Waals surface area contributed by atoms with Gasteiger partial charge in [-0.25, -0.2) is 0 Å². The average molecular weight is 216 g/mol. The molecule has 0 bridgehead atoms. The van der Waals surface area contributed by atoms with Crippen LogP contribution < -0.4 is 5.32 Å². The molecule has 0 radical (unpaired) electrons. The van der Waals surface area contributed by atoms with E-state index >= 15 is 0 Å². The molecule has 2 heterocycles. The van der Waals surface area contributed by atoms with Gasteiger partial charge in [-0.2, -0.15) is 0 Å². The highest BCUT2D eigenvalue weighted by atomic mass is 16.3. The standard InChI is InChI=1S/C12H12N2O2/c1-9(11-5-3-7-16-11)14-12(15)10-4-2-6-13-8-10/h2-9H,1H3,(H,14,15). The van der Waals surface area contributed by atoms with Gasteiger partial charge >= 0.3 is 0 Å². The van der Waals surface area contributed by atoms with Crippen LogP contribution in [-0.4, -0.2) is 10.9 Å². The molecule has 1 unspecified atom stereocenters. The van der Waals surface area contributed by atoms with Gasteiger partial charge in [-0.1, -0.05) is 0 Å². The first kappa shape index (κ1) is 10.4. The Kier molecular flexibility index (Phi) is 3.00. The number of hydrogen-bond donors (Lipinski definition) is 1. The Morgan fingerprint density at radius 1 is 1.44 bits per heavy atom. The lowest BCUT2D eigenvalue weighted by Crippen LogP contribution is -2.26. The van der Waals surface area contributed by atoms with Gasteiger partial charge in [-0.05, 0) is 31.2 Å². The van der Waals surface area contributed by atoms with Crippen molar-refractivity contribution in [1.82, 2.24) is 10.3 Å². The molecule has 0 spiro atoms. The summed E-state index contributed by atoms with van der Waals surface area (Å²) in [6, 6.07) is 6.92. The Morgan fingerprint density at radius 3 is 2.94 bits per heavy atom. The van der Waals surface area contributed by atoms with Gasteiger partial charge < -0.3 is 9.73 Å². The van der Waals surface area contributed by atoms with Gasteiger partial charge in [0.2, 0.25) is 0 Å². The van der Waals surface area contributed by atoms with Crippen LogP contribution in [0.3, 0.4) is 0 Å². The van der Waals surface area contributed by atoms with E-state index in [0.29, 0.717) is 5.56 Å². The van der Waals surface area contributed by atoms with E-state index in [0.717, 1.165) is 5.76 Å². The molecule has 82 valence electrons. The number of furan rings is 1. The Hall–Kier alpha value is -2.10. The molecule has 4 nitrogen and oxygen atoms in total. The summed E-state index contributed by atoms with van der Waals surface area (Å²) in [6.45, 7) is 1.87. The van der Waals surface area contributed by atoms with Gasteiger partial charge in [0.25, 0.3) is 5.91 Å². The lowest BCUT2D eigenvalue weighted by Gasteiger charge is -2.10. The van der Waals surface area contributed by atoms with Crippen molar-refractivity contribution < 1.29 is 9.21 Å². The second-order valence-electron chi connectivity index (χ2n) is 3.45. The smallest absolute Gasteiger partial charge is 0.253 e. The van der Waals surface area contributed by atoms with E-state index in [1.807, 2.05) is 13.0 Å². The molecule has 2 aromatic rings. The predicted molar refractivity (Wildman–Crippen MR) is 58.8 cm³/mol. The summed E-state index contributed by atoms with van der Waals surface area (Å²) >= 11 is 0. The van der Waals surface area contributed by atoms with Crippen LogP contribution in [0.2, 0.25) is 0 Å². The molecule has 1 N–H and O–H groups in total. The maximum absolute atomic E-state index is 11.8. The van der Waals surface area contributed by atoms with Crippen molar-refractivity contribution in [2.24, 2.45) is 0 Å². The molecule has 0 saturated carbocycles. The van der Waals surface area contributed by atoms with E-state index in [4.69, 9.17) is 4.42 Å². The Bertz CT molecular complexity index is 451. The average Bonchev–Trinajstić information content (AvgIpc) is 2.83. The summed E-state index contributed by atoms with van der Waals surface area (Å²) in [5.74, 6) is 0.578. The van der Waals surface area contributed by atoms with E-state index in [1.165, 1.54) is 6.20 Å². The van der Waals surface area contributed by atoms with Crippen molar-refractivity contribution in [3.63, 3.8) is 0 Å². The van der Waals surface area contributed by atoms with Gasteiger partial charge in [0, 0.05) is 12.4 Å². The van der Waals surface area contributed by atoms with Crippen LogP contribution in [-0.2, 0) is 0 Å². The van der Waals surface area contributed by atoms with E-state index < -0.39 is 0 Å². The van der Waals surface area contributed by atoms with Crippen LogP contribution in [0.15, 0.2) is 47.3 Å². The zero-order valence-electron chi connectivity index (χ0n) is 8.88. The quantitative estimate of drug-likeness (QED) is 0.855. The minimum atomic E-state index is -0.156. The van der Waals surface area contributed by atoms with Gasteiger partial charge in [0.15, 0.2) is 0 Å². The number of amides is 1. The zero-order valence-corrected chi connectivity index (χ0v) is 8.88. The second-order valence-corrected chi connectivity index (χ2v) is 3.45. The van der Waals surface area contributed by atoms with E-state index in [9.17, 15) is 4.79 Å². The molecule has 0 fully saturated rings. The summed E-state index contributed by atoms with van der Waals surface area (Å²) in [6.07, 6.45) is 4.75. The number of pyridine rings is 1. The number of nitrogens with zero attached hydrogens (tertiary/aromatic N) is 1. The highest BCUT2D eigenvalue weighted by molar-refractivity contribution is 5.93. The minimum absolute atomic E-state index is 0.150. The van der Waals surface area contributed by atoms with Crippen LogP contribution in [0.1, 0.15) is 29.1 Å². The van der Waals surface area contributed by atoms with E-state index in [2.05, 4.69) is 10.3 Å². The van der Waals surface area contributed by atoms with E-state index in [-0.39, 0.29) is 11.9 Å². The monoisotopic (exact) mass is 216 g/mol. The third-order valence-corrected chi connectivity index (χ3v) is 2.24. The van der Waals surface area contributed by atoms with Crippen LogP contribution >= 0.6 is 0 Å². The molecule has 4 heteroatoms. The van der Waals surface area contributed by atoms with Crippen molar-refractivity contribution in [2.45, 2.75) is 13.0 Å². The number of carbonyl (C=O) groups is 1. The summed E-state index contributed by atoms with van der Waals surface area (Å²) in [5.41, 5.74) is 0.543. The van der Waals surface area contributed by atoms with Crippen molar-refractivity contribution >= 4 is 5.91 Å². The molecule has 16 heavy (non-hydrogen) atoms. The third kappa shape index (κ3) is 2.28. The van der Waals surface area contributed by atoms with Crippen molar-refractivity contribution in [3.8, 4) is 0 Å². The zero-order chi connectivity index (χ0) is 11.4. The molecule has 1 atom stereocenters. The first-order valence-electron chi connectivity index (χ1n) is 5.01. The maximum Gasteiger partial charge on any atom is 0.253 e. The van der Waals surface area contributed by atoms with Crippen LogP contribution in [0.5, 0.6) is 0 Å². The first-order chi connectivity index (χ1) is 7.77. The molecule has 2 rings (SSSR count). The van der Waals surface area contributed by atoms with E-state index in [1.54, 1.807) is 30.7 Å². The normalized spacial score (nSPS) is 12.1. The lowest BCUT2D eigenvalue weighted by atomic mass is 10.2. The highest BCUT2D eigenvalue weighted by Gasteiger charge is 2.12. The molecular weight excluding hydrogens is 204 g/mol. The first-order valence-corrected chi connectivity index (χ1v) is 5.01. The van der Waals surface area contributed by atoms with Crippen LogP contribution in [0, 0.1) is 0 Å². The third-order valence-electron chi connectivity index (χ3n) is 2.24. The Labute approximate surface area is 93.3 Å². The fourth-order valence-corrected chi connectivity index (χ4v) is 1.39. The largest absolute Gasteiger partial charge is 0.467 e. The molecule has 0 aliphatic carbocycles. The molecule has 0 aliphatic rings. The van der Waals surface area contributed by atoms with Gasteiger partial charge in [-0.15, -0.1) is 0 Å². The predicted octanol–water partition coefficient (Wildman–Crippen LogP) is 2.17. The van der Waals surface area contributed by atoms with Gasteiger partial charge in [0.1, 0.15) is 5.76 Å². The summed E-state index contributed by atoms with van der Waals surface area (Å²) in [7, 11) is 0. The SMILES string of the molecule is CC(NC(=O)c1cccnc1)c1ccco1. The van der Waals surface area contributed by atoms with Crippen molar-refractivity contribution in [3.05, 3.63) is 54.2 Å².